The normalized spacial score (nSPS) is 11.8. The molecule has 0 N–H and O–H groups in total. The van der Waals surface area contributed by atoms with Crippen molar-refractivity contribution in [1.82, 2.24) is 4.57 Å². The molecule has 316 valence electrons. The van der Waals surface area contributed by atoms with Gasteiger partial charge in [-0.05, 0) is 146 Å². The number of rotatable bonds is 11. The van der Waals surface area contributed by atoms with Crippen LogP contribution in [0.2, 0.25) is 0 Å². The minimum Gasteiger partial charge on any atom is -0.311 e. The molecular formula is C64H50N2. The van der Waals surface area contributed by atoms with Gasteiger partial charge in [0.05, 0.1) is 11.0 Å². The molecular weight excluding hydrogens is 797 g/mol. The summed E-state index contributed by atoms with van der Waals surface area (Å²) in [7, 11) is 0. The van der Waals surface area contributed by atoms with Crippen molar-refractivity contribution in [2.45, 2.75) is 26.2 Å². The van der Waals surface area contributed by atoms with Crippen LogP contribution in [0.1, 0.15) is 31.7 Å². The second kappa shape index (κ2) is 17.8. The van der Waals surface area contributed by atoms with Gasteiger partial charge in [-0.15, -0.1) is 0 Å². The first-order chi connectivity index (χ1) is 32.6. The number of hydrogen-bond acceptors (Lipinski definition) is 1. The summed E-state index contributed by atoms with van der Waals surface area (Å²) in [6.45, 7) is 4.56. The van der Waals surface area contributed by atoms with Crippen LogP contribution in [0, 0.1) is 0 Å². The molecule has 11 rings (SSSR count). The molecule has 1 aromatic heterocycles. The number of nitrogens with zero attached hydrogens (tertiary/aromatic N) is 2. The molecule has 0 spiro atoms. The van der Waals surface area contributed by atoms with E-state index in [1.165, 1.54) is 83.0 Å². The van der Waals surface area contributed by atoms with Crippen molar-refractivity contribution >= 4 is 38.9 Å². The van der Waals surface area contributed by atoms with Crippen molar-refractivity contribution in [2.24, 2.45) is 0 Å². The highest BCUT2D eigenvalue weighted by atomic mass is 15.1. The predicted octanol–water partition coefficient (Wildman–Crippen LogP) is 18.1. The Morgan fingerprint density at radius 2 is 0.636 bits per heavy atom. The lowest BCUT2D eigenvalue weighted by atomic mass is 9.95. The van der Waals surface area contributed by atoms with Gasteiger partial charge in [0.15, 0.2) is 0 Å². The van der Waals surface area contributed by atoms with Gasteiger partial charge in [0.25, 0.3) is 0 Å². The molecule has 0 aliphatic rings. The van der Waals surface area contributed by atoms with Gasteiger partial charge < -0.3 is 9.47 Å². The summed E-state index contributed by atoms with van der Waals surface area (Å²) in [4.78, 5) is 2.35. The van der Waals surface area contributed by atoms with E-state index in [1.807, 2.05) is 0 Å². The average molecular weight is 847 g/mol. The Hall–Kier alpha value is -8.20. The standard InChI is InChI=1S/C64H50N2/c1-3-45(2)46-19-21-53(22-20-46)55-31-41-63-61(43-55)62-44-56(32-42-64(62)66(63)60-39-27-52(28-40-60)49-17-11-6-12-18-49)54-29-37-59(38-30-54)65(57-33-23-50(24-34-57)47-13-7-4-8-14-47)58-35-25-51(26-36-58)48-15-9-5-10-16-48/h4-45H,3H2,1-2H3. The fraction of sp³-hybridized carbons (Fsp3) is 0.0625. The van der Waals surface area contributed by atoms with E-state index in [4.69, 9.17) is 0 Å². The quantitative estimate of drug-likeness (QED) is 0.126. The first kappa shape index (κ1) is 40.6. The topological polar surface area (TPSA) is 8.17 Å². The molecule has 0 radical (unpaired) electrons. The van der Waals surface area contributed by atoms with E-state index in [0.717, 1.165) is 29.2 Å². The Bertz CT molecular complexity index is 3310. The monoisotopic (exact) mass is 846 g/mol. The summed E-state index contributed by atoms with van der Waals surface area (Å²) >= 11 is 0. The molecule has 0 amide bonds. The Morgan fingerprint density at radius 3 is 1.00 bits per heavy atom. The fourth-order valence-corrected chi connectivity index (χ4v) is 9.45. The lowest BCUT2D eigenvalue weighted by Crippen LogP contribution is -2.09. The van der Waals surface area contributed by atoms with Gasteiger partial charge in [0, 0.05) is 33.5 Å². The van der Waals surface area contributed by atoms with Gasteiger partial charge in [-0.2, -0.15) is 0 Å². The number of aromatic nitrogens is 1. The summed E-state index contributed by atoms with van der Waals surface area (Å²) in [5, 5.41) is 2.47. The Labute approximate surface area is 388 Å². The molecule has 0 fully saturated rings. The van der Waals surface area contributed by atoms with Crippen LogP contribution in [-0.4, -0.2) is 4.57 Å². The van der Waals surface area contributed by atoms with Crippen molar-refractivity contribution in [3.8, 4) is 61.3 Å². The molecule has 11 aromatic rings. The van der Waals surface area contributed by atoms with Crippen LogP contribution in [0.15, 0.2) is 249 Å². The maximum atomic E-state index is 2.42. The van der Waals surface area contributed by atoms with Gasteiger partial charge in [-0.3, -0.25) is 0 Å². The van der Waals surface area contributed by atoms with Crippen LogP contribution in [0.3, 0.4) is 0 Å². The van der Waals surface area contributed by atoms with Crippen molar-refractivity contribution in [3.05, 3.63) is 254 Å². The van der Waals surface area contributed by atoms with E-state index in [-0.39, 0.29) is 0 Å². The molecule has 2 heteroatoms. The SMILES string of the molecule is CCC(C)c1ccc(-c2ccc3c(c2)c2cc(-c4ccc(N(c5ccc(-c6ccccc6)cc5)c5ccc(-c6ccccc6)cc5)cc4)ccc2n3-c2ccc(-c3ccccc3)cc2)cc1. The summed E-state index contributed by atoms with van der Waals surface area (Å²) < 4.78 is 2.42. The second-order valence-electron chi connectivity index (χ2n) is 17.4. The highest BCUT2D eigenvalue weighted by Gasteiger charge is 2.17. The molecule has 0 aliphatic carbocycles. The van der Waals surface area contributed by atoms with Crippen LogP contribution < -0.4 is 4.90 Å². The van der Waals surface area contributed by atoms with Crippen molar-refractivity contribution in [1.29, 1.82) is 0 Å². The van der Waals surface area contributed by atoms with E-state index >= 15 is 0 Å². The largest absolute Gasteiger partial charge is 0.311 e. The number of anilines is 3. The molecule has 1 atom stereocenters. The van der Waals surface area contributed by atoms with Crippen LogP contribution in [0.5, 0.6) is 0 Å². The first-order valence-electron chi connectivity index (χ1n) is 23.1. The molecule has 1 heterocycles. The second-order valence-corrected chi connectivity index (χ2v) is 17.4. The molecule has 10 aromatic carbocycles. The van der Waals surface area contributed by atoms with Crippen LogP contribution in [0.25, 0.3) is 83.1 Å². The van der Waals surface area contributed by atoms with Gasteiger partial charge in [0.1, 0.15) is 0 Å². The Balaban J connectivity index is 0.987. The molecule has 66 heavy (non-hydrogen) atoms. The molecule has 0 aliphatic heterocycles. The number of hydrogen-bond donors (Lipinski definition) is 0. The molecule has 0 saturated carbocycles. The van der Waals surface area contributed by atoms with Gasteiger partial charge >= 0.3 is 0 Å². The van der Waals surface area contributed by atoms with Gasteiger partial charge in [0.2, 0.25) is 0 Å². The van der Waals surface area contributed by atoms with E-state index in [1.54, 1.807) is 0 Å². The van der Waals surface area contributed by atoms with Gasteiger partial charge in [-0.1, -0.05) is 190 Å². The zero-order valence-electron chi connectivity index (χ0n) is 37.4. The molecule has 1 unspecified atom stereocenters. The maximum absolute atomic E-state index is 2.42. The lowest BCUT2D eigenvalue weighted by Gasteiger charge is -2.26. The zero-order valence-corrected chi connectivity index (χ0v) is 37.4. The van der Waals surface area contributed by atoms with E-state index in [0.29, 0.717) is 5.92 Å². The van der Waals surface area contributed by atoms with Gasteiger partial charge in [-0.25, -0.2) is 0 Å². The third-order valence-electron chi connectivity index (χ3n) is 13.3. The third kappa shape index (κ3) is 7.88. The summed E-state index contributed by atoms with van der Waals surface area (Å²) in [5.74, 6) is 0.543. The van der Waals surface area contributed by atoms with E-state index in [2.05, 4.69) is 272 Å². The van der Waals surface area contributed by atoms with E-state index < -0.39 is 0 Å². The lowest BCUT2D eigenvalue weighted by molar-refractivity contribution is 0.734. The minimum atomic E-state index is 0.543. The smallest absolute Gasteiger partial charge is 0.0541 e. The highest BCUT2D eigenvalue weighted by Crippen LogP contribution is 2.41. The van der Waals surface area contributed by atoms with E-state index in [9.17, 15) is 0 Å². The van der Waals surface area contributed by atoms with Crippen molar-refractivity contribution < 1.29 is 0 Å². The average Bonchev–Trinajstić information content (AvgIpc) is 3.73. The van der Waals surface area contributed by atoms with Crippen LogP contribution in [0.4, 0.5) is 17.1 Å². The zero-order chi connectivity index (χ0) is 44.4. The van der Waals surface area contributed by atoms with Crippen LogP contribution >= 0.6 is 0 Å². The Morgan fingerprint density at radius 1 is 0.333 bits per heavy atom. The fourth-order valence-electron chi connectivity index (χ4n) is 9.45. The first-order valence-corrected chi connectivity index (χ1v) is 23.1. The summed E-state index contributed by atoms with van der Waals surface area (Å²) in [6.07, 6.45) is 1.13. The van der Waals surface area contributed by atoms with Crippen molar-refractivity contribution in [2.75, 3.05) is 4.90 Å². The number of fused-ring (bicyclic) bond motifs is 3. The predicted molar refractivity (Wildman–Crippen MR) is 281 cm³/mol. The minimum absolute atomic E-state index is 0.543. The van der Waals surface area contributed by atoms with Crippen LogP contribution in [-0.2, 0) is 0 Å². The molecule has 0 bridgehead atoms. The molecule has 2 nitrogen and oxygen atoms in total. The Kier molecular flexibility index (Phi) is 10.9. The third-order valence-corrected chi connectivity index (χ3v) is 13.3. The summed E-state index contributed by atoms with van der Waals surface area (Å²) in [5.41, 5.74) is 20.3. The maximum Gasteiger partial charge on any atom is 0.0541 e. The molecule has 0 saturated heterocycles. The highest BCUT2D eigenvalue weighted by molar-refractivity contribution is 6.11. The number of benzene rings is 10. The van der Waals surface area contributed by atoms with Crippen molar-refractivity contribution in [3.63, 3.8) is 0 Å². The summed E-state index contributed by atoms with van der Waals surface area (Å²) in [6, 6.07) is 90.8.